The zero-order valence-corrected chi connectivity index (χ0v) is 12.2. The molecule has 112 valence electrons. The van der Waals surface area contributed by atoms with Gasteiger partial charge in [0.15, 0.2) is 17.3 Å². The predicted molar refractivity (Wildman–Crippen MR) is 73.3 cm³/mol. The maximum Gasteiger partial charge on any atom is 0.338 e. The van der Waals surface area contributed by atoms with E-state index in [1.54, 1.807) is 6.07 Å². The second-order valence-corrected chi connectivity index (χ2v) is 4.63. The van der Waals surface area contributed by atoms with Crippen molar-refractivity contribution in [3.05, 3.63) is 23.5 Å². The molecule has 0 unspecified atom stereocenters. The van der Waals surface area contributed by atoms with Crippen molar-refractivity contribution in [2.75, 3.05) is 14.2 Å². The third-order valence-corrected chi connectivity index (χ3v) is 2.97. The lowest BCUT2D eigenvalue weighted by atomic mass is 10.1. The van der Waals surface area contributed by atoms with E-state index in [4.69, 9.17) is 9.47 Å². The van der Waals surface area contributed by atoms with Crippen LogP contribution >= 0.6 is 0 Å². The molecule has 1 aromatic heterocycles. The molecular weight excluding hydrogens is 276 g/mol. The zero-order valence-electron chi connectivity index (χ0n) is 12.2. The highest BCUT2D eigenvalue weighted by Gasteiger charge is 2.21. The smallest absolute Gasteiger partial charge is 0.338 e. The predicted octanol–water partition coefficient (Wildman–Crippen LogP) is 1.50. The number of ether oxygens (including phenoxy) is 2. The molecule has 0 aliphatic carbocycles. The summed E-state index contributed by atoms with van der Waals surface area (Å²) in [5.41, 5.74) is 0.357. The number of carboxylic acids is 1. The van der Waals surface area contributed by atoms with E-state index >= 15 is 0 Å². The Labute approximate surface area is 121 Å². The van der Waals surface area contributed by atoms with Crippen molar-refractivity contribution in [3.63, 3.8) is 0 Å². The Morgan fingerprint density at radius 3 is 2.38 bits per heavy atom. The van der Waals surface area contributed by atoms with Crippen molar-refractivity contribution >= 4 is 5.97 Å². The summed E-state index contributed by atoms with van der Waals surface area (Å²) in [7, 11) is 2.92. The number of methoxy groups -OCH3 is 2. The number of carbonyl (C=O) groups is 1. The Morgan fingerprint density at radius 2 is 1.86 bits per heavy atom. The third-order valence-electron chi connectivity index (χ3n) is 2.97. The fraction of sp³-hybridized carbons (Fsp3) is 0.385. The average molecular weight is 292 g/mol. The maximum absolute atomic E-state index is 11.5. The molecule has 0 saturated carbocycles. The fourth-order valence-corrected chi connectivity index (χ4v) is 1.94. The first-order valence-corrected chi connectivity index (χ1v) is 6.27. The Kier molecular flexibility index (Phi) is 4.06. The van der Waals surface area contributed by atoms with Gasteiger partial charge in [0.25, 0.3) is 0 Å². The number of benzene rings is 1. The minimum Gasteiger partial charge on any atom is -0.493 e. The number of nitrogens with zero attached hydrogens (tertiary/aromatic N) is 4. The molecule has 0 amide bonds. The van der Waals surface area contributed by atoms with Crippen LogP contribution in [-0.4, -0.2) is 45.5 Å². The molecule has 2 rings (SSSR count). The van der Waals surface area contributed by atoms with E-state index in [1.165, 1.54) is 25.0 Å². The van der Waals surface area contributed by atoms with Crippen LogP contribution in [0.1, 0.15) is 35.9 Å². The molecule has 1 aromatic carbocycles. The molecule has 1 heterocycles. The Balaban J connectivity index is 2.71. The number of aromatic nitrogens is 4. The van der Waals surface area contributed by atoms with Gasteiger partial charge in [-0.3, -0.25) is 0 Å². The van der Waals surface area contributed by atoms with Gasteiger partial charge in [-0.25, -0.2) is 4.79 Å². The van der Waals surface area contributed by atoms with Gasteiger partial charge < -0.3 is 14.6 Å². The minimum absolute atomic E-state index is 0.0295. The van der Waals surface area contributed by atoms with Gasteiger partial charge in [0.1, 0.15) is 0 Å². The first kappa shape index (κ1) is 14.8. The standard InChI is InChI=1S/C13H16N4O4/c1-7(2)12-14-15-16-17(12)9-6-11(21-4)10(20-3)5-8(9)13(18)19/h5-7H,1-4H3,(H,18,19). The summed E-state index contributed by atoms with van der Waals surface area (Å²) in [4.78, 5) is 11.5. The zero-order chi connectivity index (χ0) is 15.6. The summed E-state index contributed by atoms with van der Waals surface area (Å²) in [6.07, 6.45) is 0. The van der Waals surface area contributed by atoms with Crippen LogP contribution in [0.25, 0.3) is 5.69 Å². The van der Waals surface area contributed by atoms with Crippen LogP contribution in [0.15, 0.2) is 12.1 Å². The van der Waals surface area contributed by atoms with Gasteiger partial charge in [-0.1, -0.05) is 13.8 Å². The first-order valence-electron chi connectivity index (χ1n) is 6.27. The summed E-state index contributed by atoms with van der Waals surface area (Å²) in [5, 5.41) is 20.8. The summed E-state index contributed by atoms with van der Waals surface area (Å²) >= 11 is 0. The van der Waals surface area contributed by atoms with Gasteiger partial charge in [0, 0.05) is 18.1 Å². The summed E-state index contributed by atoms with van der Waals surface area (Å²) in [6, 6.07) is 2.94. The van der Waals surface area contributed by atoms with E-state index in [-0.39, 0.29) is 11.5 Å². The van der Waals surface area contributed by atoms with E-state index in [0.29, 0.717) is 23.0 Å². The largest absolute Gasteiger partial charge is 0.493 e. The van der Waals surface area contributed by atoms with Gasteiger partial charge in [0.2, 0.25) is 0 Å². The molecule has 8 nitrogen and oxygen atoms in total. The minimum atomic E-state index is -1.10. The molecular formula is C13H16N4O4. The lowest BCUT2D eigenvalue weighted by Gasteiger charge is -2.14. The molecule has 0 radical (unpaired) electrons. The highest BCUT2D eigenvalue weighted by molar-refractivity contribution is 5.93. The van der Waals surface area contributed by atoms with Crippen LogP contribution in [0.4, 0.5) is 0 Å². The molecule has 0 atom stereocenters. The summed E-state index contributed by atoms with van der Waals surface area (Å²) in [5.74, 6) is 0.233. The van der Waals surface area contributed by atoms with Crippen LogP contribution < -0.4 is 9.47 Å². The van der Waals surface area contributed by atoms with Crippen molar-refractivity contribution < 1.29 is 19.4 Å². The van der Waals surface area contributed by atoms with Crippen LogP contribution in [0.5, 0.6) is 11.5 Å². The lowest BCUT2D eigenvalue weighted by molar-refractivity contribution is 0.0696. The average Bonchev–Trinajstić information content (AvgIpc) is 2.95. The number of rotatable bonds is 5. The number of hydrogen-bond donors (Lipinski definition) is 1. The van der Waals surface area contributed by atoms with Crippen molar-refractivity contribution in [1.82, 2.24) is 20.2 Å². The molecule has 1 N–H and O–H groups in total. The highest BCUT2D eigenvalue weighted by Crippen LogP contribution is 2.33. The number of carboxylic acid groups (broad SMARTS) is 1. The maximum atomic E-state index is 11.5. The topological polar surface area (TPSA) is 99.4 Å². The molecule has 21 heavy (non-hydrogen) atoms. The Bertz CT molecular complexity index is 666. The van der Waals surface area contributed by atoms with Crippen molar-refractivity contribution in [3.8, 4) is 17.2 Å². The summed E-state index contributed by atoms with van der Waals surface area (Å²) < 4.78 is 11.7. The molecule has 0 spiro atoms. The van der Waals surface area contributed by atoms with Gasteiger partial charge >= 0.3 is 5.97 Å². The molecule has 0 aliphatic heterocycles. The number of tetrazole rings is 1. The third kappa shape index (κ3) is 2.64. The quantitative estimate of drug-likeness (QED) is 0.891. The lowest BCUT2D eigenvalue weighted by Crippen LogP contribution is -2.11. The van der Waals surface area contributed by atoms with E-state index in [9.17, 15) is 9.90 Å². The highest BCUT2D eigenvalue weighted by atomic mass is 16.5. The monoisotopic (exact) mass is 292 g/mol. The SMILES string of the molecule is COc1cc(C(=O)O)c(-n2nnnc2C(C)C)cc1OC. The van der Waals surface area contributed by atoms with E-state index in [2.05, 4.69) is 15.5 Å². The van der Waals surface area contributed by atoms with E-state index in [0.717, 1.165) is 0 Å². The van der Waals surface area contributed by atoms with Crippen LogP contribution in [0, 0.1) is 0 Å². The first-order chi connectivity index (χ1) is 9.99. The normalized spacial score (nSPS) is 10.7. The second kappa shape index (κ2) is 5.78. The number of aromatic carboxylic acids is 1. The van der Waals surface area contributed by atoms with Crippen molar-refractivity contribution in [2.45, 2.75) is 19.8 Å². The van der Waals surface area contributed by atoms with Crippen molar-refractivity contribution in [2.24, 2.45) is 0 Å². The molecule has 0 fully saturated rings. The van der Waals surface area contributed by atoms with Gasteiger partial charge in [-0.2, -0.15) is 4.68 Å². The molecule has 0 saturated heterocycles. The molecule has 0 bridgehead atoms. The Hall–Kier alpha value is -2.64. The Morgan fingerprint density at radius 1 is 1.24 bits per heavy atom. The van der Waals surface area contributed by atoms with Crippen LogP contribution in [-0.2, 0) is 0 Å². The fourth-order valence-electron chi connectivity index (χ4n) is 1.94. The van der Waals surface area contributed by atoms with Crippen molar-refractivity contribution in [1.29, 1.82) is 0 Å². The van der Waals surface area contributed by atoms with Crippen LogP contribution in [0.2, 0.25) is 0 Å². The van der Waals surface area contributed by atoms with Gasteiger partial charge in [-0.05, 0) is 10.4 Å². The second-order valence-electron chi connectivity index (χ2n) is 4.63. The van der Waals surface area contributed by atoms with Gasteiger partial charge in [-0.15, -0.1) is 5.10 Å². The molecule has 8 heteroatoms. The number of hydrogen-bond acceptors (Lipinski definition) is 6. The molecule has 0 aliphatic rings. The van der Waals surface area contributed by atoms with E-state index < -0.39 is 5.97 Å². The van der Waals surface area contributed by atoms with E-state index in [1.807, 2.05) is 13.8 Å². The van der Waals surface area contributed by atoms with Gasteiger partial charge in [0.05, 0.1) is 25.5 Å². The molecule has 2 aromatic rings. The summed E-state index contributed by atoms with van der Waals surface area (Å²) in [6.45, 7) is 3.84. The van der Waals surface area contributed by atoms with Crippen LogP contribution in [0.3, 0.4) is 0 Å².